The summed E-state index contributed by atoms with van der Waals surface area (Å²) in [7, 11) is 0. The van der Waals surface area contributed by atoms with E-state index in [0.29, 0.717) is 6.04 Å². The van der Waals surface area contributed by atoms with E-state index in [0.717, 1.165) is 12.2 Å². The molecule has 2 aromatic rings. The molecule has 0 radical (unpaired) electrons. The summed E-state index contributed by atoms with van der Waals surface area (Å²) in [5, 5.41) is 4.83. The van der Waals surface area contributed by atoms with Crippen molar-refractivity contribution in [2.45, 2.75) is 32.2 Å². The second-order valence-electron chi connectivity index (χ2n) is 4.83. The number of aromatic nitrogens is 1. The highest BCUT2D eigenvalue weighted by Gasteiger charge is 2.19. The van der Waals surface area contributed by atoms with Crippen molar-refractivity contribution in [1.29, 1.82) is 0 Å². The number of hydrogen-bond donors (Lipinski definition) is 1. The molecule has 94 valence electrons. The topological polar surface area (TPSA) is 24.9 Å². The Balaban J connectivity index is 1.91. The quantitative estimate of drug-likeness (QED) is 0.882. The summed E-state index contributed by atoms with van der Waals surface area (Å²) in [6, 6.07) is 11.0. The highest BCUT2D eigenvalue weighted by Crippen LogP contribution is 2.33. The van der Waals surface area contributed by atoms with Crippen LogP contribution in [0, 0.1) is 6.92 Å². The Hall–Kier alpha value is -1.19. The fourth-order valence-corrected chi connectivity index (χ4v) is 3.55. The molecular weight excluding hydrogens is 240 g/mol. The molecule has 1 unspecified atom stereocenters. The normalized spacial score (nSPS) is 19.9. The summed E-state index contributed by atoms with van der Waals surface area (Å²) >= 11 is 1.84. The fraction of sp³-hybridized carbons (Fsp3) is 0.400. The second kappa shape index (κ2) is 5.21. The maximum Gasteiger partial charge on any atom is 0.111 e. The lowest BCUT2D eigenvalue weighted by Crippen LogP contribution is -2.26. The van der Waals surface area contributed by atoms with Gasteiger partial charge in [0.05, 0.1) is 11.7 Å². The van der Waals surface area contributed by atoms with E-state index in [9.17, 15) is 0 Å². The standard InChI is InChI=1S/C15H18N2S/c1-11-14(12-7-3-2-4-8-12)17-15(18-11)13-9-5-6-10-16-13/h2-4,7-8,13,16H,5-6,9-10H2,1H3. The number of aryl methyl sites for hydroxylation is 1. The highest BCUT2D eigenvalue weighted by atomic mass is 32.1. The largest absolute Gasteiger partial charge is 0.308 e. The number of thiazole rings is 1. The maximum atomic E-state index is 4.86. The van der Waals surface area contributed by atoms with E-state index in [2.05, 4.69) is 42.6 Å². The monoisotopic (exact) mass is 258 g/mol. The molecule has 0 spiro atoms. The van der Waals surface area contributed by atoms with Gasteiger partial charge in [-0.2, -0.15) is 0 Å². The molecule has 0 bridgehead atoms. The molecule has 1 N–H and O–H groups in total. The van der Waals surface area contributed by atoms with Gasteiger partial charge in [0, 0.05) is 10.4 Å². The molecule has 2 nitrogen and oxygen atoms in total. The minimum Gasteiger partial charge on any atom is -0.308 e. The van der Waals surface area contributed by atoms with Gasteiger partial charge in [0.2, 0.25) is 0 Å². The first kappa shape index (κ1) is 11.9. The average Bonchev–Trinajstić information content (AvgIpc) is 2.83. The number of rotatable bonds is 2. The van der Waals surface area contributed by atoms with E-state index in [4.69, 9.17) is 4.98 Å². The molecule has 1 aliphatic rings. The third-order valence-electron chi connectivity index (χ3n) is 3.47. The Kier molecular flexibility index (Phi) is 3.43. The maximum absolute atomic E-state index is 4.86. The zero-order valence-corrected chi connectivity index (χ0v) is 11.5. The van der Waals surface area contributed by atoms with Crippen LogP contribution in [0.4, 0.5) is 0 Å². The molecule has 2 heterocycles. The number of nitrogens with zero attached hydrogens (tertiary/aromatic N) is 1. The van der Waals surface area contributed by atoms with E-state index in [1.807, 2.05) is 11.3 Å². The molecule has 1 saturated heterocycles. The van der Waals surface area contributed by atoms with Crippen molar-refractivity contribution in [3.63, 3.8) is 0 Å². The van der Waals surface area contributed by atoms with Crippen LogP contribution in [0.1, 0.15) is 35.2 Å². The number of hydrogen-bond acceptors (Lipinski definition) is 3. The van der Waals surface area contributed by atoms with Crippen LogP contribution in [-0.4, -0.2) is 11.5 Å². The van der Waals surface area contributed by atoms with Crippen LogP contribution in [0.5, 0.6) is 0 Å². The predicted molar refractivity (Wildman–Crippen MR) is 76.9 cm³/mol. The minimum atomic E-state index is 0.472. The molecular formula is C15H18N2S. The van der Waals surface area contributed by atoms with E-state index in [1.54, 1.807) is 0 Å². The molecule has 18 heavy (non-hydrogen) atoms. The second-order valence-corrected chi connectivity index (χ2v) is 6.06. The molecule has 0 saturated carbocycles. The lowest BCUT2D eigenvalue weighted by atomic mass is 10.1. The number of benzene rings is 1. The summed E-state index contributed by atoms with van der Waals surface area (Å²) in [5.41, 5.74) is 2.39. The Morgan fingerprint density at radius 1 is 1.22 bits per heavy atom. The third-order valence-corrected chi connectivity index (χ3v) is 4.55. The van der Waals surface area contributed by atoms with Gasteiger partial charge in [-0.3, -0.25) is 0 Å². The fourth-order valence-electron chi connectivity index (χ4n) is 2.49. The van der Waals surface area contributed by atoms with Crippen molar-refractivity contribution in [2.24, 2.45) is 0 Å². The molecule has 1 aromatic carbocycles. The van der Waals surface area contributed by atoms with Crippen LogP contribution < -0.4 is 5.32 Å². The van der Waals surface area contributed by atoms with Crippen LogP contribution in [0.25, 0.3) is 11.3 Å². The van der Waals surface area contributed by atoms with E-state index in [-0.39, 0.29) is 0 Å². The summed E-state index contributed by atoms with van der Waals surface area (Å²) in [5.74, 6) is 0. The summed E-state index contributed by atoms with van der Waals surface area (Å²) in [6.45, 7) is 3.30. The van der Waals surface area contributed by atoms with E-state index < -0.39 is 0 Å². The van der Waals surface area contributed by atoms with Crippen LogP contribution in [0.2, 0.25) is 0 Å². The van der Waals surface area contributed by atoms with Gasteiger partial charge in [-0.25, -0.2) is 4.98 Å². The lowest BCUT2D eigenvalue weighted by Gasteiger charge is -2.21. The first-order chi connectivity index (χ1) is 8.84. The van der Waals surface area contributed by atoms with Gasteiger partial charge in [-0.15, -0.1) is 11.3 Å². The molecule has 1 aromatic heterocycles. The highest BCUT2D eigenvalue weighted by molar-refractivity contribution is 7.12. The molecule has 0 amide bonds. The van der Waals surface area contributed by atoms with Crippen LogP contribution >= 0.6 is 11.3 Å². The van der Waals surface area contributed by atoms with Crippen molar-refractivity contribution in [3.8, 4) is 11.3 Å². The van der Waals surface area contributed by atoms with Crippen LogP contribution in [-0.2, 0) is 0 Å². The molecule has 3 heteroatoms. The van der Waals surface area contributed by atoms with Gasteiger partial charge in [0.1, 0.15) is 5.01 Å². The van der Waals surface area contributed by atoms with Gasteiger partial charge in [-0.05, 0) is 26.3 Å². The van der Waals surface area contributed by atoms with Gasteiger partial charge in [-0.1, -0.05) is 36.8 Å². The van der Waals surface area contributed by atoms with Gasteiger partial charge >= 0.3 is 0 Å². The van der Waals surface area contributed by atoms with E-state index in [1.165, 1.54) is 34.7 Å². The zero-order valence-electron chi connectivity index (χ0n) is 10.6. The Labute approximate surface area is 112 Å². The Morgan fingerprint density at radius 2 is 2.06 bits per heavy atom. The van der Waals surface area contributed by atoms with Crippen LogP contribution in [0.15, 0.2) is 30.3 Å². The SMILES string of the molecule is Cc1sc(C2CCCCN2)nc1-c1ccccc1. The minimum absolute atomic E-state index is 0.472. The smallest absolute Gasteiger partial charge is 0.111 e. The van der Waals surface area contributed by atoms with E-state index >= 15 is 0 Å². The molecule has 1 atom stereocenters. The Bertz CT molecular complexity index is 513. The van der Waals surface area contributed by atoms with Gasteiger partial charge < -0.3 is 5.32 Å². The number of nitrogens with one attached hydrogen (secondary N) is 1. The molecule has 0 aliphatic carbocycles. The lowest BCUT2D eigenvalue weighted by molar-refractivity contribution is 0.411. The van der Waals surface area contributed by atoms with Crippen molar-refractivity contribution in [1.82, 2.24) is 10.3 Å². The van der Waals surface area contributed by atoms with Gasteiger partial charge in [0.25, 0.3) is 0 Å². The number of piperidine rings is 1. The van der Waals surface area contributed by atoms with Gasteiger partial charge in [0.15, 0.2) is 0 Å². The first-order valence-corrected chi connectivity index (χ1v) is 7.42. The third kappa shape index (κ3) is 2.33. The molecule has 3 rings (SSSR count). The predicted octanol–water partition coefficient (Wildman–Crippen LogP) is 3.93. The Morgan fingerprint density at radius 3 is 2.78 bits per heavy atom. The van der Waals surface area contributed by atoms with Crippen LogP contribution in [0.3, 0.4) is 0 Å². The van der Waals surface area contributed by atoms with Crippen molar-refractivity contribution < 1.29 is 0 Å². The zero-order chi connectivity index (χ0) is 12.4. The van der Waals surface area contributed by atoms with Crippen molar-refractivity contribution in [3.05, 3.63) is 40.2 Å². The molecule has 1 aliphatic heterocycles. The summed E-state index contributed by atoms with van der Waals surface area (Å²) in [4.78, 5) is 6.18. The van der Waals surface area contributed by atoms with Crippen molar-refractivity contribution in [2.75, 3.05) is 6.54 Å². The molecule has 1 fully saturated rings. The summed E-state index contributed by atoms with van der Waals surface area (Å²) < 4.78 is 0. The summed E-state index contributed by atoms with van der Waals surface area (Å²) in [6.07, 6.45) is 3.84. The first-order valence-electron chi connectivity index (χ1n) is 6.61. The van der Waals surface area contributed by atoms with Crippen molar-refractivity contribution >= 4 is 11.3 Å². The average molecular weight is 258 g/mol.